The van der Waals surface area contributed by atoms with E-state index in [1.54, 1.807) is 9.80 Å². The molecule has 4 saturated heterocycles. The molecule has 5 aromatic rings. The summed E-state index contributed by atoms with van der Waals surface area (Å²) >= 11 is 6.58. The molecule has 0 atom stereocenters. The summed E-state index contributed by atoms with van der Waals surface area (Å²) < 4.78 is 73.5. The molecule has 0 spiro atoms. The summed E-state index contributed by atoms with van der Waals surface area (Å²) in [6.07, 6.45) is 0.206. The van der Waals surface area contributed by atoms with E-state index in [0.717, 1.165) is 36.7 Å². The lowest BCUT2D eigenvalue weighted by Crippen LogP contribution is -2.62. The first kappa shape index (κ1) is 47.6. The van der Waals surface area contributed by atoms with E-state index in [0.29, 0.717) is 60.3 Å². The third-order valence-corrected chi connectivity index (χ3v) is 14.1. The van der Waals surface area contributed by atoms with Gasteiger partial charge < -0.3 is 44.5 Å². The van der Waals surface area contributed by atoms with Crippen molar-refractivity contribution in [3.05, 3.63) is 76.7 Å². The summed E-state index contributed by atoms with van der Waals surface area (Å²) in [5.74, 6) is -5.38. The summed E-state index contributed by atoms with van der Waals surface area (Å²) in [4.78, 5) is 81.5. The number of piperazine rings is 1. The Hall–Kier alpha value is -6.46. The number of fused-ring (bicyclic) bond motifs is 1. The Balaban J connectivity index is 0.824. The molecule has 0 radical (unpaired) electrons. The Kier molecular flexibility index (Phi) is 12.7. The number of nitrogens with zero attached hydrogens (tertiary/aromatic N) is 9. The lowest BCUT2D eigenvalue weighted by molar-refractivity contribution is -0.929. The van der Waals surface area contributed by atoms with Crippen molar-refractivity contribution < 1.29 is 55.5 Å². The zero-order valence-corrected chi connectivity index (χ0v) is 38.1. The Labute approximate surface area is 396 Å². The van der Waals surface area contributed by atoms with E-state index in [4.69, 9.17) is 11.6 Å². The van der Waals surface area contributed by atoms with Gasteiger partial charge in [0.15, 0.2) is 23.9 Å². The van der Waals surface area contributed by atoms with Gasteiger partial charge in [-0.1, -0.05) is 11.6 Å². The van der Waals surface area contributed by atoms with E-state index in [1.165, 1.54) is 53.2 Å². The van der Waals surface area contributed by atoms with Crippen LogP contribution in [-0.2, 0) is 22.8 Å². The SMILES string of the molecule is Cn1c(-c2cn(-c3cc4[nH]cc(C(=O)N5CCC(F)(F)CC5)c4cn3)nc2C(F)(F)F)cnc1C(=O)Nc1ccc(C(=O)N2CCN(C(=O)C3CC[N+](CC(=O)O)(CC4CNC4)CC3)CC2)c(Cl)c1. The predicted octanol–water partition coefficient (Wildman–Crippen LogP) is 4.76. The summed E-state index contributed by atoms with van der Waals surface area (Å²) in [5.41, 5.74) is -0.937. The molecule has 24 heteroatoms. The van der Waals surface area contributed by atoms with E-state index >= 15 is 0 Å². The molecule has 4 fully saturated rings. The standard InChI is InChI=1S/C45H48ClF5N12O6/c1-58-35(32-23-62(57-38(32)45(49,50)51)36-17-34-30(20-54-36)31(21-53-34)43(69)59-8-6-44(47,48)7-9-59)22-55-39(58)40(66)56-28-2-3-29(33(46)16-28)42(68)61-12-10-60(11-13-61)41(67)27-4-14-63(15-5-27,25-37(64)65)24-26-18-52-19-26/h2-3,16-17,20-23,26-27,52H,4-15,18-19,24-25H2,1H3,(H2-,53,54,56,64,65,66,68,69)/p+1. The third-order valence-electron chi connectivity index (χ3n) is 13.8. The van der Waals surface area contributed by atoms with Crippen molar-refractivity contribution in [1.29, 1.82) is 0 Å². The van der Waals surface area contributed by atoms with Crippen LogP contribution < -0.4 is 10.6 Å². The van der Waals surface area contributed by atoms with Crippen molar-refractivity contribution in [3.63, 3.8) is 0 Å². The molecule has 4 amide bonds. The lowest BCUT2D eigenvalue weighted by Gasteiger charge is -2.46. The van der Waals surface area contributed by atoms with Crippen LogP contribution in [0.4, 0.5) is 27.6 Å². The van der Waals surface area contributed by atoms with Crippen LogP contribution in [-0.4, -0.2) is 168 Å². The number of amides is 4. The molecule has 366 valence electrons. The van der Waals surface area contributed by atoms with Crippen molar-refractivity contribution in [2.24, 2.45) is 18.9 Å². The van der Waals surface area contributed by atoms with Gasteiger partial charge >= 0.3 is 12.1 Å². The van der Waals surface area contributed by atoms with Crippen molar-refractivity contribution in [1.82, 2.24) is 49.3 Å². The van der Waals surface area contributed by atoms with Crippen molar-refractivity contribution in [2.45, 2.75) is 37.8 Å². The number of anilines is 1. The average molecular weight is 984 g/mol. The monoisotopic (exact) mass is 983 g/mol. The first-order valence-electron chi connectivity index (χ1n) is 22.6. The number of nitrogens with one attached hydrogen (secondary N) is 3. The average Bonchev–Trinajstić information content (AvgIpc) is 4.04. The first-order chi connectivity index (χ1) is 32.8. The van der Waals surface area contributed by atoms with Crippen LogP contribution in [0.2, 0.25) is 5.02 Å². The fourth-order valence-electron chi connectivity index (χ4n) is 9.87. The second kappa shape index (κ2) is 18.5. The number of aliphatic carboxylic acids is 1. The molecule has 9 rings (SSSR count). The molecule has 0 aliphatic carbocycles. The van der Waals surface area contributed by atoms with E-state index in [1.807, 2.05) is 0 Å². The molecule has 18 nitrogen and oxygen atoms in total. The number of carbonyl (C=O) groups is 5. The number of H-pyrrole nitrogens is 1. The van der Waals surface area contributed by atoms with Crippen LogP contribution in [0.25, 0.3) is 28.0 Å². The highest BCUT2D eigenvalue weighted by molar-refractivity contribution is 6.34. The predicted molar refractivity (Wildman–Crippen MR) is 239 cm³/mol. The van der Waals surface area contributed by atoms with E-state index in [2.05, 4.69) is 30.7 Å². The number of piperidine rings is 2. The number of imidazole rings is 1. The van der Waals surface area contributed by atoms with Crippen molar-refractivity contribution in [2.75, 3.05) is 83.9 Å². The zero-order valence-electron chi connectivity index (χ0n) is 37.4. The van der Waals surface area contributed by atoms with Crippen LogP contribution in [0.5, 0.6) is 0 Å². The van der Waals surface area contributed by atoms with E-state index in [-0.39, 0.29) is 89.6 Å². The minimum Gasteiger partial charge on any atom is -0.477 e. The van der Waals surface area contributed by atoms with Gasteiger partial charge in [-0.05, 0) is 18.2 Å². The maximum absolute atomic E-state index is 14.5. The smallest absolute Gasteiger partial charge is 0.435 e. The number of likely N-dealkylation sites (tertiary alicyclic amines) is 2. The van der Waals surface area contributed by atoms with Gasteiger partial charge in [0.2, 0.25) is 5.91 Å². The number of carbonyl (C=O) groups excluding carboxylic acids is 4. The lowest BCUT2D eigenvalue weighted by atomic mass is 9.90. The number of carboxylic acids is 1. The van der Waals surface area contributed by atoms with Gasteiger partial charge in [-0.3, -0.25) is 19.2 Å². The summed E-state index contributed by atoms with van der Waals surface area (Å²) in [7, 11) is 1.36. The highest BCUT2D eigenvalue weighted by atomic mass is 35.5. The number of aromatic nitrogens is 6. The second-order valence-electron chi connectivity index (χ2n) is 18.4. The van der Waals surface area contributed by atoms with E-state index < -0.39 is 54.0 Å². The van der Waals surface area contributed by atoms with Crippen molar-refractivity contribution in [3.8, 4) is 17.1 Å². The van der Waals surface area contributed by atoms with Crippen LogP contribution in [0.3, 0.4) is 0 Å². The number of hydrogen-bond acceptors (Lipinski definition) is 9. The quantitative estimate of drug-likeness (QED) is 0.106. The molecule has 69 heavy (non-hydrogen) atoms. The number of alkyl halides is 5. The zero-order chi connectivity index (χ0) is 49.0. The molecule has 0 unspecified atom stereocenters. The molecular weight excluding hydrogens is 935 g/mol. The fraction of sp³-hybridized carbons (Fsp3) is 0.467. The second-order valence-corrected chi connectivity index (χ2v) is 18.8. The highest BCUT2D eigenvalue weighted by Gasteiger charge is 2.43. The Bertz CT molecular complexity index is 2820. The van der Waals surface area contributed by atoms with Crippen molar-refractivity contribution >= 4 is 57.8 Å². The maximum Gasteiger partial charge on any atom is 0.435 e. The minimum absolute atomic E-state index is 0.0124. The first-order valence-corrected chi connectivity index (χ1v) is 23.0. The number of rotatable bonds is 11. The van der Waals surface area contributed by atoms with Crippen LogP contribution in [0.15, 0.2) is 49.1 Å². The van der Waals surface area contributed by atoms with Crippen LogP contribution in [0.1, 0.15) is 62.7 Å². The normalized spacial score (nSPS) is 21.0. The Morgan fingerprint density at radius 3 is 2.22 bits per heavy atom. The molecule has 4 aliphatic heterocycles. The highest BCUT2D eigenvalue weighted by Crippen LogP contribution is 2.38. The number of aromatic amines is 1. The summed E-state index contributed by atoms with van der Waals surface area (Å²) in [5, 5.41) is 19.7. The van der Waals surface area contributed by atoms with Gasteiger partial charge in [-0.2, -0.15) is 18.3 Å². The molecule has 0 bridgehead atoms. The van der Waals surface area contributed by atoms with Gasteiger partial charge in [0.1, 0.15) is 0 Å². The van der Waals surface area contributed by atoms with Gasteiger partial charge in [0.25, 0.3) is 23.6 Å². The largest absolute Gasteiger partial charge is 0.477 e. The molecule has 1 aromatic carbocycles. The van der Waals surface area contributed by atoms with Gasteiger partial charge in [-0.15, -0.1) is 0 Å². The van der Waals surface area contributed by atoms with Gasteiger partial charge in [0.05, 0.1) is 58.8 Å². The van der Waals surface area contributed by atoms with Crippen LogP contribution in [0, 0.1) is 11.8 Å². The number of quaternary nitrogens is 1. The number of carboxylic acid groups (broad SMARTS) is 1. The fourth-order valence-corrected chi connectivity index (χ4v) is 10.1. The molecular formula is C45H49ClF5N12O6+. The molecule has 8 heterocycles. The number of hydrogen-bond donors (Lipinski definition) is 4. The number of pyridine rings is 1. The minimum atomic E-state index is -4.95. The molecule has 0 saturated carbocycles. The molecule has 4 aliphatic rings. The third kappa shape index (κ3) is 9.76. The number of halogens is 6. The summed E-state index contributed by atoms with van der Waals surface area (Å²) in [6, 6.07) is 5.68. The van der Waals surface area contributed by atoms with Gasteiger partial charge in [-0.25, -0.2) is 28.2 Å². The summed E-state index contributed by atoms with van der Waals surface area (Å²) in [6.45, 7) is 4.78. The number of benzene rings is 1. The van der Waals surface area contributed by atoms with E-state index in [9.17, 15) is 51.0 Å². The Morgan fingerprint density at radius 1 is 0.913 bits per heavy atom. The van der Waals surface area contributed by atoms with Gasteiger partial charge in [0, 0.05) is 133 Å². The molecule has 4 aromatic heterocycles. The Morgan fingerprint density at radius 2 is 1.58 bits per heavy atom. The topological polar surface area (TPSA) is 204 Å². The maximum atomic E-state index is 14.5. The van der Waals surface area contributed by atoms with Crippen LogP contribution >= 0.6 is 11.6 Å². The molecule has 4 N–H and O–H groups in total.